The van der Waals surface area contributed by atoms with Gasteiger partial charge in [-0.2, -0.15) is 5.26 Å². The first-order valence-corrected chi connectivity index (χ1v) is 6.22. The first kappa shape index (κ1) is 12.2. The van der Waals surface area contributed by atoms with Crippen LogP contribution < -0.4 is 5.32 Å². The molecule has 17 heavy (non-hydrogen) atoms. The largest absolute Gasteiger partial charge is 0.444 e. The van der Waals surface area contributed by atoms with Gasteiger partial charge in [-0.3, -0.25) is 0 Å². The van der Waals surface area contributed by atoms with Gasteiger partial charge in [0.25, 0.3) is 0 Å². The van der Waals surface area contributed by atoms with Crippen LogP contribution in [0.2, 0.25) is 0 Å². The summed E-state index contributed by atoms with van der Waals surface area (Å²) in [6.45, 7) is 5.59. The van der Waals surface area contributed by atoms with Crippen molar-refractivity contribution in [1.82, 2.24) is 5.32 Å². The maximum atomic E-state index is 11.7. The van der Waals surface area contributed by atoms with Gasteiger partial charge in [0.1, 0.15) is 5.60 Å². The van der Waals surface area contributed by atoms with Crippen LogP contribution in [0.5, 0.6) is 0 Å². The van der Waals surface area contributed by atoms with E-state index >= 15 is 0 Å². The molecule has 0 aliphatic heterocycles. The molecule has 3 saturated carbocycles. The van der Waals surface area contributed by atoms with Crippen LogP contribution in [0.3, 0.4) is 0 Å². The van der Waals surface area contributed by atoms with Crippen LogP contribution in [0.1, 0.15) is 46.5 Å². The molecule has 3 aliphatic rings. The van der Waals surface area contributed by atoms with Crippen molar-refractivity contribution in [3.8, 4) is 6.07 Å². The smallest absolute Gasteiger partial charge is 0.408 e. The van der Waals surface area contributed by atoms with Gasteiger partial charge in [0.2, 0.25) is 0 Å². The zero-order chi connectivity index (χ0) is 12.7. The van der Waals surface area contributed by atoms with E-state index < -0.39 is 5.60 Å². The molecule has 4 nitrogen and oxygen atoms in total. The van der Waals surface area contributed by atoms with Gasteiger partial charge in [0.15, 0.2) is 0 Å². The van der Waals surface area contributed by atoms with Crippen molar-refractivity contribution < 1.29 is 9.53 Å². The van der Waals surface area contributed by atoms with E-state index in [1.54, 1.807) is 0 Å². The summed E-state index contributed by atoms with van der Waals surface area (Å²) in [4.78, 5) is 11.7. The third-order valence-corrected chi connectivity index (χ3v) is 3.75. The van der Waals surface area contributed by atoms with Crippen LogP contribution in [-0.4, -0.2) is 17.2 Å². The first-order chi connectivity index (χ1) is 7.84. The summed E-state index contributed by atoms with van der Waals surface area (Å²) in [6, 6.07) is 2.23. The minimum atomic E-state index is -0.450. The van der Waals surface area contributed by atoms with Crippen molar-refractivity contribution in [2.45, 2.75) is 57.6 Å². The zero-order valence-electron chi connectivity index (χ0n) is 10.7. The minimum Gasteiger partial charge on any atom is -0.444 e. The lowest BCUT2D eigenvalue weighted by molar-refractivity contribution is 0.0396. The summed E-state index contributed by atoms with van der Waals surface area (Å²) >= 11 is 0. The molecule has 0 heterocycles. The summed E-state index contributed by atoms with van der Waals surface area (Å²) in [5.41, 5.74) is -0.525. The number of hydrogen-bond donors (Lipinski definition) is 1. The Morgan fingerprint density at radius 1 is 1.47 bits per heavy atom. The average molecular weight is 236 g/mol. The quantitative estimate of drug-likeness (QED) is 0.801. The van der Waals surface area contributed by atoms with E-state index in [4.69, 9.17) is 10.00 Å². The molecule has 0 aromatic carbocycles. The fourth-order valence-electron chi connectivity index (χ4n) is 3.14. The normalized spacial score (nSPS) is 34.7. The molecule has 1 unspecified atom stereocenters. The Labute approximate surface area is 102 Å². The number of carbonyl (C=O) groups excluding carboxylic acids is 1. The standard InChI is InChI=1S/C13H20N2O2/c1-12(2,3)17-11(16)15-13-6-9(4-5-14)10(7-13)8-13/h9-10H,4,6-8H2,1-3H3,(H,15,16). The highest BCUT2D eigenvalue weighted by atomic mass is 16.6. The van der Waals surface area contributed by atoms with Gasteiger partial charge < -0.3 is 10.1 Å². The highest BCUT2D eigenvalue weighted by molar-refractivity contribution is 5.69. The number of ether oxygens (including phenoxy) is 1. The highest BCUT2D eigenvalue weighted by Crippen LogP contribution is 2.56. The van der Waals surface area contributed by atoms with Crippen molar-refractivity contribution in [3.63, 3.8) is 0 Å². The number of nitriles is 1. The molecule has 2 bridgehead atoms. The Hall–Kier alpha value is -1.24. The Balaban J connectivity index is 1.86. The lowest BCUT2D eigenvalue weighted by atomic mass is 9.76. The summed E-state index contributed by atoms with van der Waals surface area (Å²) < 4.78 is 5.27. The van der Waals surface area contributed by atoms with Crippen molar-refractivity contribution in [1.29, 1.82) is 5.26 Å². The van der Waals surface area contributed by atoms with Gasteiger partial charge in [-0.1, -0.05) is 0 Å². The van der Waals surface area contributed by atoms with Crippen molar-refractivity contribution in [2.75, 3.05) is 0 Å². The topological polar surface area (TPSA) is 62.1 Å². The molecule has 1 amide bonds. The average Bonchev–Trinajstić information content (AvgIpc) is 2.54. The van der Waals surface area contributed by atoms with E-state index in [-0.39, 0.29) is 11.6 Å². The Bertz CT molecular complexity index is 359. The molecular weight excluding hydrogens is 216 g/mol. The molecule has 0 aromatic rings. The van der Waals surface area contributed by atoms with E-state index in [9.17, 15) is 4.79 Å². The monoisotopic (exact) mass is 236 g/mol. The second-order valence-corrected chi connectivity index (χ2v) is 6.40. The number of carbonyl (C=O) groups is 1. The summed E-state index contributed by atoms with van der Waals surface area (Å²) in [6.07, 6.45) is 3.25. The van der Waals surface area contributed by atoms with Gasteiger partial charge in [0.05, 0.1) is 6.07 Å². The molecule has 94 valence electrons. The Morgan fingerprint density at radius 2 is 2.12 bits per heavy atom. The number of nitrogens with one attached hydrogen (secondary N) is 1. The lowest BCUT2D eigenvalue weighted by Gasteiger charge is -2.39. The lowest BCUT2D eigenvalue weighted by Crippen LogP contribution is -2.53. The molecule has 4 heteroatoms. The zero-order valence-corrected chi connectivity index (χ0v) is 10.7. The maximum Gasteiger partial charge on any atom is 0.408 e. The number of fused-ring (bicyclic) bond motifs is 1. The summed E-state index contributed by atoms with van der Waals surface area (Å²) in [7, 11) is 0. The predicted octanol–water partition coefficient (Wildman–Crippen LogP) is 2.59. The fourth-order valence-corrected chi connectivity index (χ4v) is 3.14. The molecule has 0 aromatic heterocycles. The van der Waals surface area contributed by atoms with E-state index in [0.717, 1.165) is 19.3 Å². The van der Waals surface area contributed by atoms with E-state index in [0.29, 0.717) is 18.3 Å². The van der Waals surface area contributed by atoms with Crippen LogP contribution in [0.15, 0.2) is 0 Å². The van der Waals surface area contributed by atoms with Gasteiger partial charge in [-0.15, -0.1) is 0 Å². The second kappa shape index (κ2) is 3.90. The molecule has 0 radical (unpaired) electrons. The van der Waals surface area contributed by atoms with Crippen LogP contribution in [-0.2, 0) is 4.74 Å². The van der Waals surface area contributed by atoms with Gasteiger partial charge in [-0.05, 0) is 51.9 Å². The minimum absolute atomic E-state index is 0.0749. The molecule has 1 atom stereocenters. The maximum absolute atomic E-state index is 11.7. The molecule has 0 saturated heterocycles. The van der Waals surface area contributed by atoms with Crippen molar-refractivity contribution >= 4 is 6.09 Å². The van der Waals surface area contributed by atoms with Gasteiger partial charge in [0, 0.05) is 12.0 Å². The van der Waals surface area contributed by atoms with E-state index in [2.05, 4.69) is 11.4 Å². The fraction of sp³-hybridized carbons (Fsp3) is 0.846. The van der Waals surface area contributed by atoms with Crippen LogP contribution in [0.25, 0.3) is 0 Å². The summed E-state index contributed by atoms with van der Waals surface area (Å²) in [5.74, 6) is 1.10. The number of hydrogen-bond acceptors (Lipinski definition) is 3. The van der Waals surface area contributed by atoms with Crippen molar-refractivity contribution in [2.24, 2.45) is 11.8 Å². The molecule has 3 aliphatic carbocycles. The van der Waals surface area contributed by atoms with E-state index in [1.807, 2.05) is 20.8 Å². The molecule has 1 N–H and O–H groups in total. The molecule has 3 rings (SSSR count). The SMILES string of the molecule is CC(C)(C)OC(=O)NC12CC(CC#N)C(C1)C2. The predicted molar refractivity (Wildman–Crippen MR) is 63.2 cm³/mol. The van der Waals surface area contributed by atoms with Gasteiger partial charge >= 0.3 is 6.09 Å². The van der Waals surface area contributed by atoms with Crippen molar-refractivity contribution in [3.05, 3.63) is 0 Å². The molecule has 3 fully saturated rings. The number of amides is 1. The number of rotatable bonds is 2. The summed E-state index contributed by atoms with van der Waals surface area (Å²) in [5, 5.41) is 11.7. The van der Waals surface area contributed by atoms with E-state index in [1.165, 1.54) is 0 Å². The number of nitrogens with zero attached hydrogens (tertiary/aromatic N) is 1. The highest BCUT2D eigenvalue weighted by Gasteiger charge is 2.56. The second-order valence-electron chi connectivity index (χ2n) is 6.40. The van der Waals surface area contributed by atoms with Gasteiger partial charge in [-0.25, -0.2) is 4.79 Å². The first-order valence-electron chi connectivity index (χ1n) is 6.22. The van der Waals surface area contributed by atoms with Crippen LogP contribution in [0.4, 0.5) is 4.79 Å². The Kier molecular flexibility index (Phi) is 2.81. The van der Waals surface area contributed by atoms with Crippen LogP contribution >= 0.6 is 0 Å². The third-order valence-electron chi connectivity index (χ3n) is 3.75. The third kappa shape index (κ3) is 2.54. The number of alkyl carbamates (subject to hydrolysis) is 1. The molecule has 0 spiro atoms. The van der Waals surface area contributed by atoms with Crippen LogP contribution in [0, 0.1) is 23.2 Å². The Morgan fingerprint density at radius 3 is 2.65 bits per heavy atom. The molecular formula is C13H20N2O2.